The van der Waals surface area contributed by atoms with Crippen LogP contribution in [0, 0.1) is 25.1 Å². The number of hydrogen-bond acceptors (Lipinski definition) is 8. The molecule has 0 aliphatic carbocycles. The quantitative estimate of drug-likeness (QED) is 0.174. The fourth-order valence-electron chi connectivity index (χ4n) is 4.89. The number of piperidine rings is 1. The summed E-state index contributed by atoms with van der Waals surface area (Å²) in [7, 11) is 0. The molecule has 0 radical (unpaired) electrons. The van der Waals surface area contributed by atoms with E-state index < -0.39 is 11.4 Å². The van der Waals surface area contributed by atoms with Gasteiger partial charge >= 0.3 is 5.97 Å². The number of halogens is 2. The maximum atomic E-state index is 15.2. The van der Waals surface area contributed by atoms with Gasteiger partial charge < -0.3 is 24.2 Å². The Hall–Kier alpha value is -3.43. The maximum absolute atomic E-state index is 15.2. The fraction of sp³-hybridized carbons (Fsp3) is 0.528. The summed E-state index contributed by atoms with van der Waals surface area (Å²) in [5.41, 5.74) is 4.46. The van der Waals surface area contributed by atoms with Crippen molar-refractivity contribution in [2.75, 3.05) is 31.2 Å². The first kappa shape index (κ1) is 37.0. The van der Waals surface area contributed by atoms with Gasteiger partial charge in [0.1, 0.15) is 19.0 Å². The molecule has 0 saturated carbocycles. The predicted octanol–water partition coefficient (Wildman–Crippen LogP) is 7.91. The lowest BCUT2D eigenvalue weighted by atomic mass is 9.82. The zero-order valence-electron chi connectivity index (χ0n) is 28.7. The third kappa shape index (κ3) is 11.4. The summed E-state index contributed by atoms with van der Waals surface area (Å²) in [5, 5.41) is 9.03. The van der Waals surface area contributed by atoms with Crippen LogP contribution in [0.3, 0.4) is 0 Å². The van der Waals surface area contributed by atoms with Gasteiger partial charge in [0.25, 0.3) is 5.88 Å². The average molecular weight is 658 g/mol. The summed E-state index contributed by atoms with van der Waals surface area (Å²) in [4.78, 5) is 23.9. The molecule has 1 saturated heterocycles. The van der Waals surface area contributed by atoms with Crippen LogP contribution in [0.2, 0.25) is 5.02 Å². The summed E-state index contributed by atoms with van der Waals surface area (Å²) in [6.07, 6.45) is 5.18. The molecule has 8 nitrogen and oxygen atoms in total. The molecule has 1 aliphatic rings. The van der Waals surface area contributed by atoms with Crippen LogP contribution >= 0.6 is 11.6 Å². The molecule has 0 bridgehead atoms. The van der Waals surface area contributed by atoms with E-state index in [4.69, 9.17) is 30.9 Å². The number of anilines is 1. The van der Waals surface area contributed by atoms with Gasteiger partial charge in [-0.15, -0.1) is 0 Å². The highest BCUT2D eigenvalue weighted by atomic mass is 35.5. The summed E-state index contributed by atoms with van der Waals surface area (Å²) in [5.74, 6) is -0.488. The Labute approximate surface area is 278 Å². The molecule has 0 amide bonds. The minimum Gasteiger partial charge on any atom is -0.488 e. The molecule has 46 heavy (non-hydrogen) atoms. The van der Waals surface area contributed by atoms with Gasteiger partial charge in [0, 0.05) is 47.9 Å². The highest BCUT2D eigenvalue weighted by molar-refractivity contribution is 6.32. The van der Waals surface area contributed by atoms with Crippen LogP contribution in [0.15, 0.2) is 36.7 Å². The summed E-state index contributed by atoms with van der Waals surface area (Å²) >= 11 is 6.21. The van der Waals surface area contributed by atoms with E-state index >= 15 is 4.39 Å². The Morgan fingerprint density at radius 2 is 1.70 bits per heavy atom. The van der Waals surface area contributed by atoms with Crippen molar-refractivity contribution in [1.29, 1.82) is 0 Å². The van der Waals surface area contributed by atoms with Crippen LogP contribution in [-0.2, 0) is 16.0 Å². The van der Waals surface area contributed by atoms with Crippen LogP contribution in [0.1, 0.15) is 78.1 Å². The van der Waals surface area contributed by atoms with E-state index in [-0.39, 0.29) is 43.0 Å². The number of aryl methyl sites for hydroxylation is 2. The van der Waals surface area contributed by atoms with Gasteiger partial charge in [-0.05, 0) is 90.5 Å². The second kappa shape index (κ2) is 15.9. The standard InChI is InChI=1S/C32H39ClFN3O4.C4H10O/c1-20(2)41-29(38)17-24-22(4)35-19-25(30(24)37-11-9-32(5,6)10-12-37)23-16-27(34)31(36-18-23)40-14-13-39-28-8-7-21(3)15-26(28)33;1-4(2,3)5/h7-8,15-16,18-20H,9-14,17H2,1-6H3;5H,1-3H3. The van der Waals surface area contributed by atoms with Crippen molar-refractivity contribution in [3.05, 3.63) is 64.3 Å². The van der Waals surface area contributed by atoms with E-state index in [0.717, 1.165) is 54.0 Å². The molecule has 1 N–H and O–H groups in total. The van der Waals surface area contributed by atoms with Crippen molar-refractivity contribution in [2.45, 2.75) is 93.3 Å². The number of ether oxygens (including phenoxy) is 3. The van der Waals surface area contributed by atoms with E-state index in [9.17, 15) is 4.79 Å². The molecule has 0 unspecified atom stereocenters. The minimum atomic E-state index is -0.595. The molecule has 2 aromatic heterocycles. The molecular formula is C36H49ClFN3O5. The zero-order valence-corrected chi connectivity index (χ0v) is 29.4. The lowest BCUT2D eigenvalue weighted by Gasteiger charge is -2.40. The van der Waals surface area contributed by atoms with Crippen molar-refractivity contribution in [1.82, 2.24) is 9.97 Å². The van der Waals surface area contributed by atoms with Gasteiger partial charge in [-0.2, -0.15) is 0 Å². The van der Waals surface area contributed by atoms with Gasteiger partial charge in [-0.3, -0.25) is 9.78 Å². The third-order valence-corrected chi connectivity index (χ3v) is 7.57. The Balaban J connectivity index is 0.00000107. The van der Waals surface area contributed by atoms with E-state index in [1.54, 1.807) is 39.2 Å². The molecule has 1 fully saturated rings. The molecule has 3 heterocycles. The molecule has 10 heteroatoms. The van der Waals surface area contributed by atoms with Gasteiger partial charge in [0.15, 0.2) is 5.82 Å². The first-order valence-electron chi connectivity index (χ1n) is 15.8. The van der Waals surface area contributed by atoms with Crippen molar-refractivity contribution in [3.8, 4) is 22.8 Å². The molecule has 3 aromatic rings. The number of carbonyl (C=O) groups is 1. The van der Waals surface area contributed by atoms with Gasteiger partial charge in [-0.25, -0.2) is 9.37 Å². The van der Waals surface area contributed by atoms with Crippen LogP contribution in [-0.4, -0.2) is 59.1 Å². The number of aliphatic hydroxyl groups is 1. The Morgan fingerprint density at radius 3 is 2.28 bits per heavy atom. The Bertz CT molecular complexity index is 1470. The van der Waals surface area contributed by atoms with Gasteiger partial charge in [0.05, 0.1) is 28.8 Å². The third-order valence-electron chi connectivity index (χ3n) is 7.27. The summed E-state index contributed by atoms with van der Waals surface area (Å²) in [6, 6.07) is 6.91. The van der Waals surface area contributed by atoms with Gasteiger partial charge in [-0.1, -0.05) is 31.5 Å². The lowest BCUT2D eigenvalue weighted by molar-refractivity contribution is -0.146. The highest BCUT2D eigenvalue weighted by Gasteiger charge is 2.30. The largest absolute Gasteiger partial charge is 0.488 e. The summed E-state index contributed by atoms with van der Waals surface area (Å²) in [6.45, 7) is 19.2. The number of nitrogens with zero attached hydrogens (tertiary/aromatic N) is 3. The van der Waals surface area contributed by atoms with Crippen molar-refractivity contribution in [2.24, 2.45) is 5.41 Å². The van der Waals surface area contributed by atoms with Crippen LogP contribution in [0.5, 0.6) is 11.6 Å². The van der Waals surface area contributed by atoms with E-state index in [2.05, 4.69) is 28.7 Å². The SMILES string of the molecule is CC(C)(C)O.Cc1ccc(OCCOc2ncc(-c3cnc(C)c(CC(=O)OC(C)C)c3N3CCC(C)(C)CC3)cc2F)c(Cl)c1. The first-order valence-corrected chi connectivity index (χ1v) is 16.1. The smallest absolute Gasteiger partial charge is 0.310 e. The van der Waals surface area contributed by atoms with Crippen molar-refractivity contribution >= 4 is 23.3 Å². The van der Waals surface area contributed by atoms with E-state index in [1.807, 2.05) is 39.8 Å². The minimum absolute atomic E-state index is 0.0855. The van der Waals surface area contributed by atoms with Crippen LogP contribution in [0.4, 0.5) is 10.1 Å². The molecule has 4 rings (SSSR count). The number of aromatic nitrogens is 2. The molecule has 0 spiro atoms. The average Bonchev–Trinajstić information content (AvgIpc) is 2.93. The molecular weight excluding hydrogens is 609 g/mol. The van der Waals surface area contributed by atoms with E-state index in [1.165, 1.54) is 6.07 Å². The number of pyridine rings is 2. The predicted molar refractivity (Wildman–Crippen MR) is 181 cm³/mol. The topological polar surface area (TPSA) is 94.0 Å². The van der Waals surface area contributed by atoms with Gasteiger partial charge in [0.2, 0.25) is 0 Å². The lowest BCUT2D eigenvalue weighted by Crippen LogP contribution is -2.38. The van der Waals surface area contributed by atoms with Crippen LogP contribution < -0.4 is 14.4 Å². The monoisotopic (exact) mass is 657 g/mol. The molecule has 0 atom stereocenters. The highest BCUT2D eigenvalue weighted by Crippen LogP contribution is 2.40. The molecule has 1 aromatic carbocycles. The number of hydrogen-bond donors (Lipinski definition) is 1. The summed E-state index contributed by atoms with van der Waals surface area (Å²) < 4.78 is 31.9. The zero-order chi connectivity index (χ0) is 34.2. The number of carbonyl (C=O) groups excluding carboxylic acids is 1. The normalized spacial score (nSPS) is 14.4. The van der Waals surface area contributed by atoms with Crippen molar-refractivity contribution < 1.29 is 28.5 Å². The van der Waals surface area contributed by atoms with Crippen LogP contribution in [0.25, 0.3) is 11.1 Å². The first-order chi connectivity index (χ1) is 21.4. The number of benzene rings is 1. The number of esters is 1. The van der Waals surface area contributed by atoms with Crippen molar-refractivity contribution in [3.63, 3.8) is 0 Å². The van der Waals surface area contributed by atoms with E-state index in [0.29, 0.717) is 16.3 Å². The molecule has 252 valence electrons. The Kier molecular flexibility index (Phi) is 12.8. The molecule has 1 aliphatic heterocycles. The second-order valence-electron chi connectivity index (χ2n) is 13.8. The second-order valence-corrected chi connectivity index (χ2v) is 14.2. The Morgan fingerprint density at radius 1 is 1.07 bits per heavy atom. The number of rotatable bonds is 10. The maximum Gasteiger partial charge on any atom is 0.310 e. The fourth-order valence-corrected chi connectivity index (χ4v) is 5.18.